The molecule has 318 valence electrons. The van der Waals surface area contributed by atoms with E-state index in [1.165, 1.54) is 18.3 Å². The highest BCUT2D eigenvalue weighted by molar-refractivity contribution is 6.32. The number of anilines is 1. The standard InChI is InChI=1S/C46H52ClN9O5/c1-28-37(27-53(2)52-28)42-50-40-41(38(47)26-48-43(40)51-42)61-35-9-5-32(6-10-35)45(59)56-23-17-33(18-24-56)46(60)55-21-15-30(16-22-55)25-29-13-19-54(20-14-29)34-7-3-31(4-8-34)36-11-12-39(57)49-44(36)58/h3-10,26-27,29-30,33,36H,11-25H2,1-2H3,(H,48,50,51)(H,49,57,58)/t36-/m0/s1. The number of amides is 4. The molecule has 0 aliphatic carbocycles. The molecule has 4 aliphatic heterocycles. The van der Waals surface area contributed by atoms with Gasteiger partial charge in [0.2, 0.25) is 17.7 Å². The van der Waals surface area contributed by atoms with E-state index in [-0.39, 0.29) is 35.5 Å². The van der Waals surface area contributed by atoms with Gasteiger partial charge in [-0.1, -0.05) is 23.7 Å². The van der Waals surface area contributed by atoms with Crippen LogP contribution in [0.2, 0.25) is 5.02 Å². The second-order valence-electron chi connectivity index (χ2n) is 17.2. The zero-order valence-electron chi connectivity index (χ0n) is 34.7. The van der Waals surface area contributed by atoms with E-state index in [2.05, 4.69) is 47.3 Å². The van der Waals surface area contributed by atoms with Crippen LogP contribution in [-0.2, 0) is 21.4 Å². The van der Waals surface area contributed by atoms with Crippen molar-refractivity contribution in [2.75, 3.05) is 44.2 Å². The number of hydrogen-bond donors (Lipinski definition) is 2. The van der Waals surface area contributed by atoms with E-state index in [0.29, 0.717) is 89.7 Å². The summed E-state index contributed by atoms with van der Waals surface area (Å²) in [6, 6.07) is 15.3. The van der Waals surface area contributed by atoms with Crippen LogP contribution in [0, 0.1) is 24.7 Å². The fourth-order valence-electron chi connectivity index (χ4n) is 9.74. The van der Waals surface area contributed by atoms with Gasteiger partial charge in [-0.15, -0.1) is 0 Å². The molecule has 9 rings (SSSR count). The van der Waals surface area contributed by atoms with E-state index in [1.807, 2.05) is 37.2 Å². The summed E-state index contributed by atoms with van der Waals surface area (Å²) >= 11 is 6.54. The van der Waals surface area contributed by atoms with E-state index in [4.69, 9.17) is 16.3 Å². The number of halogens is 1. The first kappa shape index (κ1) is 40.6. The van der Waals surface area contributed by atoms with Crippen molar-refractivity contribution in [2.45, 2.75) is 70.6 Å². The quantitative estimate of drug-likeness (QED) is 0.149. The van der Waals surface area contributed by atoms with Gasteiger partial charge < -0.3 is 24.4 Å². The number of aromatic amines is 1. The Bertz CT molecular complexity index is 2420. The molecule has 0 bridgehead atoms. The van der Waals surface area contributed by atoms with Crippen LogP contribution in [0.1, 0.15) is 85.3 Å². The zero-order chi connectivity index (χ0) is 42.2. The third kappa shape index (κ3) is 8.73. The highest BCUT2D eigenvalue weighted by Gasteiger charge is 2.34. The summed E-state index contributed by atoms with van der Waals surface area (Å²) in [6.07, 6.45) is 11.3. The minimum atomic E-state index is -0.253. The van der Waals surface area contributed by atoms with Gasteiger partial charge in [-0.25, -0.2) is 9.97 Å². The lowest BCUT2D eigenvalue weighted by Gasteiger charge is -2.39. The maximum absolute atomic E-state index is 13.6. The van der Waals surface area contributed by atoms with Crippen LogP contribution >= 0.6 is 11.6 Å². The zero-order valence-corrected chi connectivity index (χ0v) is 35.5. The van der Waals surface area contributed by atoms with Gasteiger partial charge in [0.25, 0.3) is 5.91 Å². The summed E-state index contributed by atoms with van der Waals surface area (Å²) in [7, 11) is 1.86. The molecule has 2 N–H and O–H groups in total. The van der Waals surface area contributed by atoms with Gasteiger partial charge in [0, 0.05) is 76.1 Å². The summed E-state index contributed by atoms with van der Waals surface area (Å²) in [5.74, 6) is 2.38. The Balaban J connectivity index is 0.707. The number of imidazole rings is 1. The Morgan fingerprint density at radius 1 is 0.852 bits per heavy atom. The number of rotatable bonds is 9. The lowest BCUT2D eigenvalue weighted by atomic mass is 9.82. The molecule has 5 aromatic rings. The number of nitrogens with zero attached hydrogens (tertiary/aromatic N) is 7. The number of fused-ring (bicyclic) bond motifs is 1. The minimum Gasteiger partial charge on any atom is -0.453 e. The monoisotopic (exact) mass is 845 g/mol. The first-order valence-corrected chi connectivity index (χ1v) is 22.0. The van der Waals surface area contributed by atoms with E-state index in [1.54, 1.807) is 28.9 Å². The van der Waals surface area contributed by atoms with Gasteiger partial charge in [-0.2, -0.15) is 5.10 Å². The van der Waals surface area contributed by atoms with Crippen molar-refractivity contribution in [3.05, 3.63) is 82.8 Å². The molecule has 4 aliphatic rings. The van der Waals surface area contributed by atoms with Crippen molar-refractivity contribution in [3.63, 3.8) is 0 Å². The minimum absolute atomic E-state index is 0.0502. The molecular weight excluding hydrogens is 794 g/mol. The Morgan fingerprint density at radius 2 is 1.52 bits per heavy atom. The summed E-state index contributed by atoms with van der Waals surface area (Å²) in [5, 5.41) is 7.20. The Hall–Kier alpha value is -5.76. The van der Waals surface area contributed by atoms with Gasteiger partial charge >= 0.3 is 0 Å². The van der Waals surface area contributed by atoms with E-state index < -0.39 is 0 Å². The normalized spacial score (nSPS) is 19.7. The number of ether oxygens (including phenoxy) is 1. The number of piperidine rings is 4. The molecule has 2 aromatic carbocycles. The van der Waals surface area contributed by atoms with E-state index in [0.717, 1.165) is 68.7 Å². The van der Waals surface area contributed by atoms with Gasteiger partial charge in [0.15, 0.2) is 11.4 Å². The predicted molar refractivity (Wildman–Crippen MR) is 231 cm³/mol. The first-order chi connectivity index (χ1) is 29.6. The van der Waals surface area contributed by atoms with Crippen molar-refractivity contribution in [1.82, 2.24) is 39.8 Å². The molecule has 4 saturated heterocycles. The number of nitrogens with one attached hydrogen (secondary N) is 2. The molecule has 0 unspecified atom stereocenters. The molecule has 1 atom stereocenters. The van der Waals surface area contributed by atoms with Crippen LogP contribution < -0.4 is 15.0 Å². The van der Waals surface area contributed by atoms with E-state index in [9.17, 15) is 19.2 Å². The van der Waals surface area contributed by atoms with Crippen molar-refractivity contribution in [3.8, 4) is 22.9 Å². The molecule has 14 nitrogen and oxygen atoms in total. The van der Waals surface area contributed by atoms with Crippen LogP contribution in [0.4, 0.5) is 5.69 Å². The fourth-order valence-corrected chi connectivity index (χ4v) is 9.92. The second-order valence-corrected chi connectivity index (χ2v) is 17.7. The number of imide groups is 1. The van der Waals surface area contributed by atoms with Gasteiger partial charge in [0.1, 0.15) is 22.1 Å². The summed E-state index contributed by atoms with van der Waals surface area (Å²) < 4.78 is 7.96. The maximum atomic E-state index is 13.6. The number of H-pyrrole nitrogens is 1. The second kappa shape index (κ2) is 17.3. The Morgan fingerprint density at radius 3 is 2.18 bits per heavy atom. The molecule has 0 spiro atoms. The summed E-state index contributed by atoms with van der Waals surface area (Å²) in [6.45, 7) is 6.69. The third-order valence-corrected chi connectivity index (χ3v) is 13.5. The molecular formula is C46H52ClN9O5. The third-order valence-electron chi connectivity index (χ3n) is 13.3. The Labute approximate surface area is 360 Å². The average Bonchev–Trinajstić information content (AvgIpc) is 3.87. The van der Waals surface area contributed by atoms with Crippen LogP contribution in [-0.4, -0.2) is 97.4 Å². The summed E-state index contributed by atoms with van der Waals surface area (Å²) in [5.41, 5.74) is 5.44. The van der Waals surface area contributed by atoms with Crippen LogP contribution in [0.25, 0.3) is 22.6 Å². The Kier molecular flexibility index (Phi) is 11.5. The molecule has 61 heavy (non-hydrogen) atoms. The largest absolute Gasteiger partial charge is 0.453 e. The molecule has 3 aromatic heterocycles. The van der Waals surface area contributed by atoms with Crippen molar-refractivity contribution >= 4 is 52.1 Å². The van der Waals surface area contributed by atoms with Crippen LogP contribution in [0.3, 0.4) is 0 Å². The topological polar surface area (TPSA) is 159 Å². The molecule has 4 amide bonds. The maximum Gasteiger partial charge on any atom is 0.253 e. The van der Waals surface area contributed by atoms with Crippen molar-refractivity contribution in [2.24, 2.45) is 24.8 Å². The van der Waals surface area contributed by atoms with Gasteiger partial charge in [-0.3, -0.25) is 29.2 Å². The van der Waals surface area contributed by atoms with Crippen LogP contribution in [0.5, 0.6) is 11.5 Å². The highest BCUT2D eigenvalue weighted by atomic mass is 35.5. The van der Waals surface area contributed by atoms with Gasteiger partial charge in [0.05, 0.1) is 23.4 Å². The first-order valence-electron chi connectivity index (χ1n) is 21.7. The average molecular weight is 846 g/mol. The van der Waals surface area contributed by atoms with Gasteiger partial charge in [-0.05, 0) is 112 Å². The number of likely N-dealkylation sites (tertiary alicyclic amines) is 2. The molecule has 7 heterocycles. The van der Waals surface area contributed by atoms with E-state index >= 15 is 0 Å². The number of hydrogen-bond acceptors (Lipinski definition) is 9. The fraction of sp³-hybridized carbons (Fsp3) is 0.457. The predicted octanol–water partition coefficient (Wildman–Crippen LogP) is 7.03. The number of benzene rings is 2. The number of pyridine rings is 1. The molecule has 0 saturated carbocycles. The smallest absolute Gasteiger partial charge is 0.253 e. The lowest BCUT2D eigenvalue weighted by Crippen LogP contribution is -2.46. The van der Waals surface area contributed by atoms with Crippen molar-refractivity contribution < 1.29 is 23.9 Å². The lowest BCUT2D eigenvalue weighted by molar-refractivity contribution is -0.138. The SMILES string of the molecule is Cc1nn(C)cc1-c1nc2ncc(Cl)c(Oc3ccc(C(=O)N4CCC(C(=O)N5CCC(CC6CCN(c7ccc([C@@H]8CCC(=O)NC8=O)cc7)CC6)CC5)CC4)cc3)c2[nH]1. The number of aromatic nitrogens is 5. The molecule has 4 fully saturated rings. The number of carbonyl (C=O) groups is 4. The highest BCUT2D eigenvalue weighted by Crippen LogP contribution is 2.37. The van der Waals surface area contributed by atoms with Crippen molar-refractivity contribution in [1.29, 1.82) is 0 Å². The van der Waals surface area contributed by atoms with Crippen LogP contribution in [0.15, 0.2) is 60.9 Å². The number of carbonyl (C=O) groups excluding carboxylic acids is 4. The molecule has 0 radical (unpaired) electrons. The molecule has 15 heteroatoms. The number of aryl methyl sites for hydroxylation is 2. The summed E-state index contributed by atoms with van der Waals surface area (Å²) in [4.78, 5) is 69.7.